The van der Waals surface area contributed by atoms with Crippen molar-refractivity contribution in [2.75, 3.05) is 6.61 Å². The molecule has 0 spiro atoms. The number of aliphatic hydroxyl groups excluding tert-OH is 1. The molecule has 2 heterocycles. The maximum absolute atomic E-state index is 14.4. The Morgan fingerprint density at radius 2 is 1.89 bits per heavy atom. The largest absolute Gasteiger partial charge is 0.463 e. The molecular weight excluding hydrogens is 572 g/mol. The van der Waals surface area contributed by atoms with Gasteiger partial charge >= 0.3 is 6.09 Å². The summed E-state index contributed by atoms with van der Waals surface area (Å²) < 4.78 is 0.838. The van der Waals surface area contributed by atoms with Crippen LogP contribution in [0.5, 0.6) is 0 Å². The fourth-order valence-corrected chi connectivity index (χ4v) is 5.30. The second kappa shape index (κ2) is 10.8. The van der Waals surface area contributed by atoms with Gasteiger partial charge in [-0.1, -0.05) is 72.6 Å². The van der Waals surface area contributed by atoms with Gasteiger partial charge in [-0.2, -0.15) is 0 Å². The molecule has 4 rings (SSSR count). The number of nitrogens with one attached hydrogen (secondary N) is 1. The van der Waals surface area contributed by atoms with E-state index in [0.717, 1.165) is 4.47 Å². The quantitative estimate of drug-likeness (QED) is 0.320. The Kier molecular flexibility index (Phi) is 7.92. The molecule has 3 N–H and O–H groups in total. The monoisotopic (exact) mass is 598 g/mol. The summed E-state index contributed by atoms with van der Waals surface area (Å²) in [6.07, 6.45) is 0.523. The summed E-state index contributed by atoms with van der Waals surface area (Å²) in [5, 5.41) is 23.8. The number of aliphatic hydroxyl groups is 1. The number of carbonyl (C=O) groups excluding carboxylic acids is 1. The maximum Gasteiger partial charge on any atom is 0.434 e. The van der Waals surface area contributed by atoms with Crippen molar-refractivity contribution in [1.29, 1.82) is 0 Å². The molecule has 1 fully saturated rings. The third kappa shape index (κ3) is 5.60. The van der Waals surface area contributed by atoms with Crippen molar-refractivity contribution in [1.82, 2.24) is 15.2 Å². The topological polar surface area (TPSA) is 115 Å². The number of halogens is 2. The minimum atomic E-state index is -1.46. The first kappa shape index (κ1) is 27.8. The summed E-state index contributed by atoms with van der Waals surface area (Å²) in [5.74, 6) is -0.564. The zero-order valence-corrected chi connectivity index (χ0v) is 23.5. The van der Waals surface area contributed by atoms with Gasteiger partial charge in [0.1, 0.15) is 5.54 Å². The second-order valence-corrected chi connectivity index (χ2v) is 11.6. The van der Waals surface area contributed by atoms with E-state index in [9.17, 15) is 19.8 Å². The summed E-state index contributed by atoms with van der Waals surface area (Å²) in [4.78, 5) is 35.5. The van der Waals surface area contributed by atoms with Crippen molar-refractivity contribution in [2.24, 2.45) is 10.4 Å². The standard InChI is InChI=1S/C28H28BrClN4O4/c1-27(2,3)16-28(18-8-10-19(29)11-9-18)24(36)34(25(33-28)32-26(37)38)23(15-35)17-7-12-21(30)20(14-17)22-6-4-5-13-31-22/h4-14,23,35H,15-16H2,1-3H3,(H,32,33)(H,37,38)/t23-,28?/m1/s1. The Balaban J connectivity index is 1.88. The van der Waals surface area contributed by atoms with Crippen LogP contribution in [0.1, 0.15) is 44.4 Å². The molecule has 1 saturated heterocycles. The van der Waals surface area contributed by atoms with E-state index in [4.69, 9.17) is 11.6 Å². The van der Waals surface area contributed by atoms with E-state index in [1.54, 1.807) is 36.5 Å². The van der Waals surface area contributed by atoms with E-state index in [0.29, 0.717) is 33.8 Å². The molecule has 3 aromatic rings. The fourth-order valence-electron chi connectivity index (χ4n) is 4.82. The second-order valence-electron chi connectivity index (χ2n) is 10.3. The Hall–Kier alpha value is -3.27. The number of aliphatic imine (C=N–C) groups is 1. The number of aromatic nitrogens is 1. The van der Waals surface area contributed by atoms with Gasteiger partial charge in [0, 0.05) is 21.3 Å². The van der Waals surface area contributed by atoms with Crippen LogP contribution in [0.25, 0.3) is 11.3 Å². The van der Waals surface area contributed by atoms with E-state index >= 15 is 0 Å². The van der Waals surface area contributed by atoms with Crippen LogP contribution in [0.2, 0.25) is 5.02 Å². The normalized spacial score (nSPS) is 19.5. The molecule has 8 nitrogen and oxygen atoms in total. The highest BCUT2D eigenvalue weighted by molar-refractivity contribution is 9.10. The number of pyridine rings is 1. The van der Waals surface area contributed by atoms with Gasteiger partial charge in [0.2, 0.25) is 5.96 Å². The number of amides is 2. The zero-order chi connectivity index (χ0) is 27.7. The van der Waals surface area contributed by atoms with Crippen LogP contribution in [0.15, 0.2) is 76.3 Å². The van der Waals surface area contributed by atoms with E-state index in [2.05, 4.69) is 31.2 Å². The summed E-state index contributed by atoms with van der Waals surface area (Å²) >= 11 is 9.91. The highest BCUT2D eigenvalue weighted by atomic mass is 79.9. The zero-order valence-electron chi connectivity index (χ0n) is 21.2. The first-order chi connectivity index (χ1) is 17.9. The number of carboxylic acid groups (broad SMARTS) is 1. The third-order valence-corrected chi connectivity index (χ3v) is 7.13. The smallest absolute Gasteiger partial charge is 0.434 e. The van der Waals surface area contributed by atoms with Crippen molar-refractivity contribution < 1.29 is 19.8 Å². The maximum atomic E-state index is 14.4. The fraction of sp³-hybridized carbons (Fsp3) is 0.286. The van der Waals surface area contributed by atoms with E-state index < -0.39 is 30.2 Å². The van der Waals surface area contributed by atoms with Crippen LogP contribution >= 0.6 is 27.5 Å². The molecule has 1 aromatic heterocycles. The lowest BCUT2D eigenvalue weighted by atomic mass is 9.75. The molecule has 2 atom stereocenters. The molecular formula is C28H28BrClN4O4. The molecule has 0 aliphatic carbocycles. The number of carbonyl (C=O) groups is 2. The Labute approximate surface area is 234 Å². The number of hydrogen-bond acceptors (Lipinski definition) is 4. The van der Waals surface area contributed by atoms with E-state index in [1.165, 1.54) is 4.90 Å². The molecule has 0 bridgehead atoms. The summed E-state index contributed by atoms with van der Waals surface area (Å²) in [6.45, 7) is 5.52. The lowest BCUT2D eigenvalue weighted by Crippen LogP contribution is -2.47. The van der Waals surface area contributed by atoms with Crippen LogP contribution in [0, 0.1) is 5.41 Å². The Bertz CT molecular complexity index is 1380. The van der Waals surface area contributed by atoms with Gasteiger partial charge in [-0.25, -0.2) is 4.79 Å². The summed E-state index contributed by atoms with van der Waals surface area (Å²) in [7, 11) is 0. The molecule has 10 heteroatoms. The van der Waals surface area contributed by atoms with Gasteiger partial charge in [0.25, 0.3) is 5.91 Å². The van der Waals surface area contributed by atoms with Gasteiger partial charge < -0.3 is 15.5 Å². The molecule has 0 saturated carbocycles. The molecule has 1 unspecified atom stereocenters. The number of rotatable bonds is 6. The van der Waals surface area contributed by atoms with Crippen LogP contribution in [0.3, 0.4) is 0 Å². The van der Waals surface area contributed by atoms with Crippen molar-refractivity contribution >= 4 is 45.5 Å². The number of hydrogen-bond donors (Lipinski definition) is 3. The lowest BCUT2D eigenvalue weighted by Gasteiger charge is -2.34. The van der Waals surface area contributed by atoms with Gasteiger partial charge in [0.15, 0.2) is 0 Å². The summed E-state index contributed by atoms with van der Waals surface area (Å²) in [6, 6.07) is 16.9. The van der Waals surface area contributed by atoms with Gasteiger partial charge in [0.05, 0.1) is 18.3 Å². The molecule has 2 amide bonds. The van der Waals surface area contributed by atoms with Crippen molar-refractivity contribution in [3.63, 3.8) is 0 Å². The van der Waals surface area contributed by atoms with Crippen molar-refractivity contribution in [2.45, 2.75) is 38.8 Å². The number of nitrogens with zero attached hydrogens (tertiary/aromatic N) is 3. The molecule has 1 aliphatic heterocycles. The number of benzene rings is 2. The van der Waals surface area contributed by atoms with Crippen LogP contribution in [0.4, 0.5) is 4.79 Å². The predicted molar refractivity (Wildman–Crippen MR) is 150 cm³/mol. The molecule has 1 aliphatic rings. The molecule has 38 heavy (non-hydrogen) atoms. The first-order valence-corrected chi connectivity index (χ1v) is 13.1. The van der Waals surface area contributed by atoms with E-state index in [-0.39, 0.29) is 11.4 Å². The van der Waals surface area contributed by atoms with Gasteiger partial charge in [-0.3, -0.25) is 14.7 Å². The Morgan fingerprint density at radius 1 is 1.18 bits per heavy atom. The average Bonchev–Trinajstić information content (AvgIpc) is 3.11. The average molecular weight is 600 g/mol. The van der Waals surface area contributed by atoms with Crippen molar-refractivity contribution in [3.05, 3.63) is 87.5 Å². The minimum Gasteiger partial charge on any atom is -0.463 e. The SMILES string of the molecule is CC(C)(C)CC1(c2ccc(Br)cc2)NC(=NC(=O)O)N([C@H](CO)c2ccc(Cl)c(-c3ccccn3)c2)C1=O. The summed E-state index contributed by atoms with van der Waals surface area (Å²) in [5.41, 5.74) is 0.806. The number of guanidine groups is 1. The molecule has 2 aromatic carbocycles. The van der Waals surface area contributed by atoms with Crippen LogP contribution < -0.4 is 5.32 Å². The minimum absolute atomic E-state index is 0.150. The first-order valence-electron chi connectivity index (χ1n) is 12.0. The molecule has 198 valence electrons. The van der Waals surface area contributed by atoms with Gasteiger partial charge in [-0.05, 0) is 59.4 Å². The third-order valence-electron chi connectivity index (χ3n) is 6.27. The highest BCUT2D eigenvalue weighted by Gasteiger charge is 2.55. The predicted octanol–water partition coefficient (Wildman–Crippen LogP) is 6.00. The molecule has 0 radical (unpaired) electrons. The van der Waals surface area contributed by atoms with Gasteiger partial charge in [-0.15, -0.1) is 4.99 Å². The van der Waals surface area contributed by atoms with Crippen molar-refractivity contribution in [3.8, 4) is 11.3 Å². The lowest BCUT2D eigenvalue weighted by molar-refractivity contribution is -0.134. The highest BCUT2D eigenvalue weighted by Crippen LogP contribution is 2.43. The van der Waals surface area contributed by atoms with Crippen LogP contribution in [-0.4, -0.2) is 44.7 Å². The Morgan fingerprint density at radius 3 is 2.47 bits per heavy atom. The van der Waals surface area contributed by atoms with Crippen LogP contribution in [-0.2, 0) is 10.3 Å². The van der Waals surface area contributed by atoms with E-state index in [1.807, 2.05) is 51.1 Å².